The predicted octanol–water partition coefficient (Wildman–Crippen LogP) is 2.62. The lowest BCUT2D eigenvalue weighted by atomic mass is 9.84. The standard InChI is InChI=1S/C13H9Cl2NO4/c14-9-3-1-2-6(11(9)15)10-7(12(17)18)4-16-5-8(10)13(19)20/h1-5,10,16H,(H,17,18)(H,19,20). The van der Waals surface area contributed by atoms with Crippen LogP contribution >= 0.6 is 23.2 Å². The van der Waals surface area contributed by atoms with E-state index >= 15 is 0 Å². The molecule has 7 heteroatoms. The first kappa shape index (κ1) is 14.4. The Morgan fingerprint density at radius 2 is 1.60 bits per heavy atom. The van der Waals surface area contributed by atoms with Crippen molar-refractivity contribution in [2.45, 2.75) is 5.92 Å². The van der Waals surface area contributed by atoms with Crippen LogP contribution in [0, 0.1) is 0 Å². The molecule has 1 aliphatic heterocycles. The number of nitrogens with one attached hydrogen (secondary N) is 1. The molecular weight excluding hydrogens is 305 g/mol. The van der Waals surface area contributed by atoms with Crippen molar-refractivity contribution >= 4 is 35.1 Å². The minimum Gasteiger partial charge on any atom is -0.478 e. The maximum Gasteiger partial charge on any atom is 0.334 e. The number of dihydropyridines is 1. The van der Waals surface area contributed by atoms with Gasteiger partial charge < -0.3 is 15.5 Å². The Morgan fingerprint density at radius 3 is 2.10 bits per heavy atom. The highest BCUT2D eigenvalue weighted by atomic mass is 35.5. The average Bonchev–Trinajstić information content (AvgIpc) is 2.41. The molecule has 0 fully saturated rings. The van der Waals surface area contributed by atoms with Crippen LogP contribution in [0.4, 0.5) is 0 Å². The molecule has 0 amide bonds. The monoisotopic (exact) mass is 313 g/mol. The lowest BCUT2D eigenvalue weighted by Crippen LogP contribution is -2.25. The van der Waals surface area contributed by atoms with Gasteiger partial charge in [-0.15, -0.1) is 0 Å². The highest BCUT2D eigenvalue weighted by Gasteiger charge is 2.33. The van der Waals surface area contributed by atoms with Crippen molar-refractivity contribution in [3.63, 3.8) is 0 Å². The Morgan fingerprint density at radius 1 is 1.05 bits per heavy atom. The predicted molar refractivity (Wildman–Crippen MR) is 73.8 cm³/mol. The van der Waals surface area contributed by atoms with Crippen LogP contribution in [0.3, 0.4) is 0 Å². The Hall–Kier alpha value is -1.98. The van der Waals surface area contributed by atoms with Gasteiger partial charge in [0.25, 0.3) is 0 Å². The maximum absolute atomic E-state index is 11.3. The zero-order valence-corrected chi connectivity index (χ0v) is 11.4. The van der Waals surface area contributed by atoms with Gasteiger partial charge in [0.2, 0.25) is 0 Å². The van der Waals surface area contributed by atoms with E-state index in [4.69, 9.17) is 23.2 Å². The molecule has 1 aromatic carbocycles. The third-order valence-corrected chi connectivity index (χ3v) is 3.72. The summed E-state index contributed by atoms with van der Waals surface area (Å²) in [4.78, 5) is 22.6. The van der Waals surface area contributed by atoms with E-state index in [-0.39, 0.29) is 21.2 Å². The highest BCUT2D eigenvalue weighted by molar-refractivity contribution is 6.42. The SMILES string of the molecule is O=C(O)C1=CNC=C(C(=O)O)C1c1cccc(Cl)c1Cl. The van der Waals surface area contributed by atoms with E-state index < -0.39 is 17.9 Å². The molecular formula is C13H9Cl2NO4. The third kappa shape index (κ3) is 2.50. The molecule has 0 aliphatic carbocycles. The molecule has 0 spiro atoms. The van der Waals surface area contributed by atoms with Crippen LogP contribution in [0.2, 0.25) is 10.0 Å². The molecule has 3 N–H and O–H groups in total. The molecule has 0 atom stereocenters. The maximum atomic E-state index is 11.3. The normalized spacial score (nSPS) is 15.1. The van der Waals surface area contributed by atoms with E-state index in [0.29, 0.717) is 5.56 Å². The number of carbonyl (C=O) groups is 2. The third-order valence-electron chi connectivity index (χ3n) is 2.89. The first-order valence-electron chi connectivity index (χ1n) is 5.50. The molecule has 1 heterocycles. The van der Waals surface area contributed by atoms with E-state index in [2.05, 4.69) is 5.32 Å². The van der Waals surface area contributed by atoms with Gasteiger partial charge in [0.05, 0.1) is 27.1 Å². The zero-order valence-electron chi connectivity index (χ0n) is 9.93. The van der Waals surface area contributed by atoms with Crippen LogP contribution in [0.25, 0.3) is 0 Å². The van der Waals surface area contributed by atoms with Gasteiger partial charge in [-0.3, -0.25) is 0 Å². The van der Waals surface area contributed by atoms with E-state index in [1.165, 1.54) is 12.4 Å². The van der Waals surface area contributed by atoms with Crippen molar-refractivity contribution in [2.75, 3.05) is 0 Å². The van der Waals surface area contributed by atoms with E-state index in [1.807, 2.05) is 0 Å². The van der Waals surface area contributed by atoms with Crippen LogP contribution in [-0.2, 0) is 9.59 Å². The largest absolute Gasteiger partial charge is 0.478 e. The minimum absolute atomic E-state index is 0.117. The summed E-state index contributed by atoms with van der Waals surface area (Å²) in [7, 11) is 0. The van der Waals surface area contributed by atoms with Gasteiger partial charge in [-0.1, -0.05) is 35.3 Å². The van der Waals surface area contributed by atoms with Gasteiger partial charge >= 0.3 is 11.9 Å². The number of carboxylic acid groups (broad SMARTS) is 2. The summed E-state index contributed by atoms with van der Waals surface area (Å²) < 4.78 is 0. The summed E-state index contributed by atoms with van der Waals surface area (Å²) in [5, 5.41) is 21.3. The molecule has 0 aromatic heterocycles. The lowest BCUT2D eigenvalue weighted by Gasteiger charge is -2.23. The minimum atomic E-state index is -1.23. The van der Waals surface area contributed by atoms with Gasteiger partial charge in [0, 0.05) is 12.4 Å². The van der Waals surface area contributed by atoms with Gasteiger partial charge in [0.15, 0.2) is 0 Å². The van der Waals surface area contributed by atoms with E-state index in [0.717, 1.165) is 0 Å². The molecule has 0 radical (unpaired) electrons. The quantitative estimate of drug-likeness (QED) is 0.798. The second-order valence-corrected chi connectivity index (χ2v) is 4.84. The molecule has 0 unspecified atom stereocenters. The van der Waals surface area contributed by atoms with Crippen molar-refractivity contribution in [1.29, 1.82) is 0 Å². The fraction of sp³-hybridized carbons (Fsp3) is 0.0769. The molecule has 0 bridgehead atoms. The zero-order chi connectivity index (χ0) is 14.9. The fourth-order valence-electron chi connectivity index (χ4n) is 2.00. The van der Waals surface area contributed by atoms with Crippen LogP contribution in [-0.4, -0.2) is 22.2 Å². The van der Waals surface area contributed by atoms with Crippen molar-refractivity contribution < 1.29 is 19.8 Å². The summed E-state index contributed by atoms with van der Waals surface area (Å²) >= 11 is 12.0. The molecule has 0 saturated heterocycles. The Kier molecular flexibility index (Phi) is 4.01. The lowest BCUT2D eigenvalue weighted by molar-refractivity contribution is -0.133. The smallest absolute Gasteiger partial charge is 0.334 e. The van der Waals surface area contributed by atoms with E-state index in [1.54, 1.807) is 18.2 Å². The average molecular weight is 314 g/mol. The molecule has 2 rings (SSSR count). The summed E-state index contributed by atoms with van der Waals surface area (Å²) in [5.41, 5.74) is 0.103. The Balaban J connectivity index is 2.62. The number of halogens is 2. The molecule has 5 nitrogen and oxygen atoms in total. The molecule has 0 saturated carbocycles. The first-order chi connectivity index (χ1) is 9.43. The fourth-order valence-corrected chi connectivity index (χ4v) is 2.42. The van der Waals surface area contributed by atoms with Crippen molar-refractivity contribution in [1.82, 2.24) is 5.32 Å². The second kappa shape index (κ2) is 5.56. The second-order valence-electron chi connectivity index (χ2n) is 4.05. The van der Waals surface area contributed by atoms with Crippen molar-refractivity contribution in [3.05, 3.63) is 57.4 Å². The van der Waals surface area contributed by atoms with Gasteiger partial charge in [-0.2, -0.15) is 0 Å². The van der Waals surface area contributed by atoms with Crippen LogP contribution in [0.15, 0.2) is 41.7 Å². The van der Waals surface area contributed by atoms with Crippen molar-refractivity contribution in [2.24, 2.45) is 0 Å². The van der Waals surface area contributed by atoms with E-state index in [9.17, 15) is 19.8 Å². The van der Waals surface area contributed by atoms with Gasteiger partial charge in [-0.25, -0.2) is 9.59 Å². The molecule has 1 aromatic rings. The topological polar surface area (TPSA) is 86.6 Å². The number of hydrogen-bond acceptors (Lipinski definition) is 3. The van der Waals surface area contributed by atoms with Crippen LogP contribution < -0.4 is 5.32 Å². The number of aliphatic carboxylic acids is 2. The summed E-state index contributed by atoms with van der Waals surface area (Å²) in [6.45, 7) is 0. The molecule has 104 valence electrons. The highest BCUT2D eigenvalue weighted by Crippen LogP contribution is 2.39. The van der Waals surface area contributed by atoms with Crippen LogP contribution in [0.1, 0.15) is 11.5 Å². The Labute approximate surface area is 124 Å². The summed E-state index contributed by atoms with van der Waals surface area (Å²) in [5.74, 6) is -3.45. The summed E-state index contributed by atoms with van der Waals surface area (Å²) in [6, 6.07) is 4.69. The first-order valence-corrected chi connectivity index (χ1v) is 6.25. The number of benzene rings is 1. The summed E-state index contributed by atoms with van der Waals surface area (Å²) in [6.07, 6.45) is 2.47. The van der Waals surface area contributed by atoms with Crippen LogP contribution in [0.5, 0.6) is 0 Å². The Bertz CT molecular complexity index is 622. The molecule has 1 aliphatic rings. The number of hydrogen-bond donors (Lipinski definition) is 3. The van der Waals surface area contributed by atoms with Crippen molar-refractivity contribution in [3.8, 4) is 0 Å². The van der Waals surface area contributed by atoms with Gasteiger partial charge in [0.1, 0.15) is 0 Å². The van der Waals surface area contributed by atoms with Gasteiger partial charge in [-0.05, 0) is 11.6 Å². The molecule has 20 heavy (non-hydrogen) atoms. The number of rotatable bonds is 3. The number of carboxylic acids is 2.